The molecule has 0 aliphatic heterocycles. The minimum absolute atomic E-state index is 0.0729. The molecule has 0 saturated carbocycles. The molecule has 122 valence electrons. The molecule has 0 saturated heterocycles. The van der Waals surface area contributed by atoms with Crippen LogP contribution in [-0.4, -0.2) is 26.0 Å². The molecule has 0 spiro atoms. The van der Waals surface area contributed by atoms with Crippen molar-refractivity contribution in [3.8, 4) is 5.75 Å². The number of carbonyl (C=O) groups is 1. The first kappa shape index (κ1) is 17.6. The van der Waals surface area contributed by atoms with Crippen LogP contribution in [0.4, 0.5) is 5.69 Å². The molecule has 2 rings (SSSR count). The predicted molar refractivity (Wildman–Crippen MR) is 87.2 cm³/mol. The van der Waals surface area contributed by atoms with Gasteiger partial charge in [0.1, 0.15) is 5.75 Å². The van der Waals surface area contributed by atoms with E-state index in [-0.39, 0.29) is 31.9 Å². The molecule has 0 bridgehead atoms. The molecule has 1 amide bonds. The van der Waals surface area contributed by atoms with Gasteiger partial charge in [0.15, 0.2) is 0 Å². The minimum Gasteiger partial charge on any atom is -0.495 e. The number of ether oxygens (including phenoxy) is 1. The van der Waals surface area contributed by atoms with E-state index < -0.39 is 16.0 Å². The SMILES string of the molecule is COc1ccc(S(=O)(=O)O)cc1NC(=O)c1cc(Cl)cc(Cl)c1. The Kier molecular flexibility index (Phi) is 5.16. The van der Waals surface area contributed by atoms with Crippen LogP contribution in [0, 0.1) is 0 Å². The van der Waals surface area contributed by atoms with Gasteiger partial charge in [0.05, 0.1) is 17.7 Å². The first-order valence-electron chi connectivity index (χ1n) is 6.13. The monoisotopic (exact) mass is 375 g/mol. The maximum absolute atomic E-state index is 12.3. The number of benzene rings is 2. The van der Waals surface area contributed by atoms with Crippen LogP contribution >= 0.6 is 23.2 Å². The number of halogens is 2. The Morgan fingerprint density at radius 2 is 1.74 bits per heavy atom. The van der Waals surface area contributed by atoms with Gasteiger partial charge in [-0.25, -0.2) is 0 Å². The molecule has 0 aliphatic carbocycles. The zero-order valence-electron chi connectivity index (χ0n) is 11.7. The van der Waals surface area contributed by atoms with Crippen molar-refractivity contribution >= 4 is 44.9 Å². The van der Waals surface area contributed by atoms with E-state index in [4.69, 9.17) is 32.5 Å². The molecule has 0 aliphatic rings. The first-order chi connectivity index (χ1) is 10.7. The standard InChI is InChI=1S/C14H11Cl2NO5S/c1-22-13-3-2-11(23(19,20)21)7-12(13)17-14(18)8-4-9(15)6-10(16)5-8/h2-7H,1H3,(H,17,18)(H,19,20,21). The Bertz CT molecular complexity index is 847. The second kappa shape index (κ2) is 6.76. The van der Waals surface area contributed by atoms with E-state index in [1.807, 2.05) is 0 Å². The Labute approximate surface area is 142 Å². The van der Waals surface area contributed by atoms with Gasteiger partial charge in [-0.3, -0.25) is 9.35 Å². The molecule has 0 heterocycles. The van der Waals surface area contributed by atoms with Gasteiger partial charge in [-0.2, -0.15) is 8.42 Å². The highest BCUT2D eigenvalue weighted by Gasteiger charge is 2.16. The van der Waals surface area contributed by atoms with Crippen LogP contribution in [-0.2, 0) is 10.1 Å². The molecule has 6 nitrogen and oxygen atoms in total. The fourth-order valence-corrected chi connectivity index (χ4v) is 2.86. The van der Waals surface area contributed by atoms with E-state index >= 15 is 0 Å². The van der Waals surface area contributed by atoms with Crippen molar-refractivity contribution in [1.82, 2.24) is 0 Å². The highest BCUT2D eigenvalue weighted by molar-refractivity contribution is 7.85. The van der Waals surface area contributed by atoms with Gasteiger partial charge in [-0.1, -0.05) is 23.2 Å². The molecule has 9 heteroatoms. The lowest BCUT2D eigenvalue weighted by Crippen LogP contribution is -2.13. The van der Waals surface area contributed by atoms with Crippen molar-refractivity contribution < 1.29 is 22.5 Å². The predicted octanol–water partition coefficient (Wildman–Crippen LogP) is 3.50. The van der Waals surface area contributed by atoms with E-state index in [9.17, 15) is 13.2 Å². The van der Waals surface area contributed by atoms with Crippen LogP contribution in [0.25, 0.3) is 0 Å². The lowest BCUT2D eigenvalue weighted by Gasteiger charge is -2.11. The lowest BCUT2D eigenvalue weighted by molar-refractivity contribution is 0.102. The van der Waals surface area contributed by atoms with E-state index in [1.54, 1.807) is 0 Å². The van der Waals surface area contributed by atoms with Crippen molar-refractivity contribution in [2.75, 3.05) is 12.4 Å². The maximum Gasteiger partial charge on any atom is 0.294 e. The number of anilines is 1. The van der Waals surface area contributed by atoms with Gasteiger partial charge in [0.25, 0.3) is 16.0 Å². The van der Waals surface area contributed by atoms with Crippen LogP contribution in [0.3, 0.4) is 0 Å². The van der Waals surface area contributed by atoms with E-state index in [0.717, 1.165) is 12.1 Å². The summed E-state index contributed by atoms with van der Waals surface area (Å²) >= 11 is 11.7. The summed E-state index contributed by atoms with van der Waals surface area (Å²) in [6.45, 7) is 0. The number of hydrogen-bond donors (Lipinski definition) is 2. The largest absolute Gasteiger partial charge is 0.495 e. The van der Waals surface area contributed by atoms with E-state index in [1.165, 1.54) is 31.4 Å². The third kappa shape index (κ3) is 4.35. The van der Waals surface area contributed by atoms with Crippen LogP contribution in [0.5, 0.6) is 5.75 Å². The molecule has 0 unspecified atom stereocenters. The molecular formula is C14H11Cl2NO5S. The highest BCUT2D eigenvalue weighted by atomic mass is 35.5. The van der Waals surface area contributed by atoms with Crippen LogP contribution in [0.15, 0.2) is 41.3 Å². The van der Waals surface area contributed by atoms with Crippen molar-refractivity contribution in [1.29, 1.82) is 0 Å². The summed E-state index contributed by atoms with van der Waals surface area (Å²) < 4.78 is 36.5. The number of amides is 1. The molecule has 2 aromatic carbocycles. The number of nitrogens with one attached hydrogen (secondary N) is 1. The second-order valence-corrected chi connectivity index (χ2v) is 6.74. The summed E-state index contributed by atoms with van der Waals surface area (Å²) in [7, 11) is -3.06. The number of methoxy groups -OCH3 is 1. The van der Waals surface area contributed by atoms with Crippen molar-refractivity contribution in [2.45, 2.75) is 4.90 Å². The Hall–Kier alpha value is -1.80. The fourth-order valence-electron chi connectivity index (χ4n) is 1.82. The van der Waals surface area contributed by atoms with Gasteiger partial charge in [-0.05, 0) is 36.4 Å². The van der Waals surface area contributed by atoms with Gasteiger partial charge in [-0.15, -0.1) is 0 Å². The molecule has 0 fully saturated rings. The Morgan fingerprint density at radius 3 is 2.26 bits per heavy atom. The number of rotatable bonds is 4. The summed E-state index contributed by atoms with van der Waals surface area (Å²) in [5.74, 6) is -0.348. The molecule has 0 radical (unpaired) electrons. The van der Waals surface area contributed by atoms with Crippen LogP contribution in [0.1, 0.15) is 10.4 Å². The van der Waals surface area contributed by atoms with Gasteiger partial charge < -0.3 is 10.1 Å². The third-order valence-corrected chi connectivity index (χ3v) is 4.13. The Balaban J connectivity index is 2.40. The smallest absolute Gasteiger partial charge is 0.294 e. The normalized spacial score (nSPS) is 11.1. The quantitative estimate of drug-likeness (QED) is 0.797. The average molecular weight is 376 g/mol. The van der Waals surface area contributed by atoms with Crippen molar-refractivity contribution in [2.24, 2.45) is 0 Å². The number of hydrogen-bond acceptors (Lipinski definition) is 4. The molecule has 2 aromatic rings. The minimum atomic E-state index is -4.41. The first-order valence-corrected chi connectivity index (χ1v) is 8.33. The van der Waals surface area contributed by atoms with Gasteiger partial charge in [0.2, 0.25) is 0 Å². The highest BCUT2D eigenvalue weighted by Crippen LogP contribution is 2.28. The molecule has 23 heavy (non-hydrogen) atoms. The summed E-state index contributed by atoms with van der Waals surface area (Å²) in [5.41, 5.74) is 0.255. The fraction of sp³-hybridized carbons (Fsp3) is 0.0714. The van der Waals surface area contributed by atoms with Crippen LogP contribution in [0.2, 0.25) is 10.0 Å². The molecule has 0 atom stereocenters. The second-order valence-electron chi connectivity index (χ2n) is 4.45. The summed E-state index contributed by atoms with van der Waals surface area (Å²) in [6.07, 6.45) is 0. The third-order valence-electron chi connectivity index (χ3n) is 2.84. The van der Waals surface area contributed by atoms with Gasteiger partial charge >= 0.3 is 0 Å². The zero-order valence-corrected chi connectivity index (χ0v) is 14.0. The zero-order chi connectivity index (χ0) is 17.2. The van der Waals surface area contributed by atoms with Crippen molar-refractivity contribution in [3.63, 3.8) is 0 Å². The molecular weight excluding hydrogens is 365 g/mol. The maximum atomic E-state index is 12.3. The van der Waals surface area contributed by atoms with Crippen molar-refractivity contribution in [3.05, 3.63) is 52.0 Å². The number of carbonyl (C=O) groups excluding carboxylic acids is 1. The topological polar surface area (TPSA) is 92.7 Å². The summed E-state index contributed by atoms with van der Waals surface area (Å²) in [4.78, 5) is 11.9. The van der Waals surface area contributed by atoms with E-state index in [0.29, 0.717) is 0 Å². The Morgan fingerprint density at radius 1 is 1.13 bits per heavy atom. The van der Waals surface area contributed by atoms with E-state index in [2.05, 4.69) is 5.32 Å². The van der Waals surface area contributed by atoms with Gasteiger partial charge in [0, 0.05) is 15.6 Å². The molecule has 2 N–H and O–H groups in total. The van der Waals surface area contributed by atoms with Crippen LogP contribution < -0.4 is 10.1 Å². The summed E-state index contributed by atoms with van der Waals surface area (Å²) in [5, 5.41) is 3.05. The summed E-state index contributed by atoms with van der Waals surface area (Å²) in [6, 6.07) is 7.82. The average Bonchev–Trinajstić information content (AvgIpc) is 2.45. The molecule has 0 aromatic heterocycles. The lowest BCUT2D eigenvalue weighted by atomic mass is 10.2.